The van der Waals surface area contributed by atoms with Crippen LogP contribution in [0.4, 0.5) is 18.3 Å². The summed E-state index contributed by atoms with van der Waals surface area (Å²) in [6.07, 6.45) is 4.88. The lowest BCUT2D eigenvalue weighted by atomic mass is 9.93. The molecule has 1 aliphatic carbocycles. The third kappa shape index (κ3) is 6.41. The Balaban J connectivity index is 2.08. The SMILES string of the molecule is CS(=O)(=O)c1ccc(C(=CC2CCCCCC2)C(=O)Nc2ncc(Br)s2)cc1C(F)(F)F. The maximum Gasteiger partial charge on any atom is 0.417 e. The molecule has 1 saturated carbocycles. The van der Waals surface area contributed by atoms with Crippen LogP contribution in [0.5, 0.6) is 0 Å². The fourth-order valence-corrected chi connectivity index (χ4v) is 5.73. The number of anilines is 1. The molecule has 1 N–H and O–H groups in total. The van der Waals surface area contributed by atoms with Gasteiger partial charge in [-0.1, -0.05) is 49.2 Å². The first-order valence-corrected chi connectivity index (χ1v) is 13.5. The third-order valence-corrected chi connectivity index (χ3v) is 7.79. The highest BCUT2D eigenvalue weighted by atomic mass is 79.9. The number of benzene rings is 1. The molecule has 0 unspecified atom stereocenters. The molecule has 1 aliphatic rings. The van der Waals surface area contributed by atoms with Gasteiger partial charge in [-0.05, 0) is 52.4 Å². The molecule has 1 fully saturated rings. The second-order valence-electron chi connectivity index (χ2n) is 7.74. The van der Waals surface area contributed by atoms with Crippen molar-refractivity contribution in [1.29, 1.82) is 0 Å². The number of allylic oxidation sites excluding steroid dienone is 1. The number of sulfone groups is 1. The minimum Gasteiger partial charge on any atom is -0.298 e. The molecule has 0 aliphatic heterocycles. The van der Waals surface area contributed by atoms with Gasteiger partial charge in [0.05, 0.1) is 20.4 Å². The number of amides is 1. The molecule has 1 aromatic heterocycles. The Kier molecular flexibility index (Phi) is 7.82. The topological polar surface area (TPSA) is 76.1 Å². The monoisotopic (exact) mass is 550 g/mol. The number of nitrogens with zero attached hydrogens (tertiary/aromatic N) is 1. The van der Waals surface area contributed by atoms with Gasteiger partial charge in [-0.25, -0.2) is 13.4 Å². The summed E-state index contributed by atoms with van der Waals surface area (Å²) >= 11 is 4.44. The maximum atomic E-state index is 13.7. The van der Waals surface area contributed by atoms with Gasteiger partial charge in [-0.3, -0.25) is 10.1 Å². The Morgan fingerprint density at radius 1 is 1.22 bits per heavy atom. The van der Waals surface area contributed by atoms with Crippen LogP contribution >= 0.6 is 27.3 Å². The van der Waals surface area contributed by atoms with Gasteiger partial charge < -0.3 is 0 Å². The molecule has 0 atom stereocenters. The van der Waals surface area contributed by atoms with Crippen molar-refractivity contribution >= 4 is 53.7 Å². The summed E-state index contributed by atoms with van der Waals surface area (Å²) in [6, 6.07) is 2.92. The van der Waals surface area contributed by atoms with Crippen LogP contribution in [0.1, 0.15) is 49.7 Å². The summed E-state index contributed by atoms with van der Waals surface area (Å²) in [7, 11) is -4.11. The Bertz CT molecular complexity index is 1120. The second-order valence-corrected chi connectivity index (χ2v) is 12.1. The number of hydrogen-bond acceptors (Lipinski definition) is 5. The Hall–Kier alpha value is -1.72. The molecule has 1 amide bonds. The van der Waals surface area contributed by atoms with Gasteiger partial charge in [-0.2, -0.15) is 13.2 Å². The Morgan fingerprint density at radius 2 is 1.88 bits per heavy atom. The number of nitrogens with one attached hydrogen (secondary N) is 1. The van der Waals surface area contributed by atoms with Crippen LogP contribution in [-0.4, -0.2) is 25.6 Å². The van der Waals surface area contributed by atoms with Crippen molar-refractivity contribution in [1.82, 2.24) is 4.98 Å². The molecule has 32 heavy (non-hydrogen) atoms. The molecule has 3 rings (SSSR count). The minimum atomic E-state index is -4.89. The molecule has 1 heterocycles. The highest BCUT2D eigenvalue weighted by Gasteiger charge is 2.37. The zero-order chi connectivity index (χ0) is 23.5. The first kappa shape index (κ1) is 24.9. The van der Waals surface area contributed by atoms with Crippen molar-refractivity contribution in [3.05, 3.63) is 45.4 Å². The summed E-state index contributed by atoms with van der Waals surface area (Å²) in [4.78, 5) is 16.3. The van der Waals surface area contributed by atoms with Crippen LogP contribution in [0.2, 0.25) is 0 Å². The number of aromatic nitrogens is 1. The van der Waals surface area contributed by atoms with E-state index in [1.54, 1.807) is 6.08 Å². The summed E-state index contributed by atoms with van der Waals surface area (Å²) in [5, 5.41) is 2.94. The summed E-state index contributed by atoms with van der Waals surface area (Å²) < 4.78 is 65.6. The van der Waals surface area contributed by atoms with Gasteiger partial charge in [0.1, 0.15) is 0 Å². The zero-order valence-electron chi connectivity index (χ0n) is 17.2. The second kappa shape index (κ2) is 10.0. The molecule has 0 spiro atoms. The van der Waals surface area contributed by atoms with Crippen molar-refractivity contribution in [2.45, 2.75) is 49.6 Å². The predicted octanol–water partition coefficient (Wildman–Crippen LogP) is 6.32. The van der Waals surface area contributed by atoms with E-state index < -0.39 is 32.4 Å². The predicted molar refractivity (Wildman–Crippen MR) is 122 cm³/mol. The maximum absolute atomic E-state index is 13.7. The normalized spacial score (nSPS) is 16.6. The van der Waals surface area contributed by atoms with E-state index in [9.17, 15) is 26.4 Å². The number of carbonyl (C=O) groups excluding carboxylic acids is 1. The highest BCUT2D eigenvalue weighted by molar-refractivity contribution is 9.11. The van der Waals surface area contributed by atoms with Crippen LogP contribution < -0.4 is 5.32 Å². The molecule has 11 heteroatoms. The molecule has 174 valence electrons. The van der Waals surface area contributed by atoms with Crippen molar-refractivity contribution in [2.75, 3.05) is 11.6 Å². The van der Waals surface area contributed by atoms with Crippen molar-refractivity contribution in [3.8, 4) is 0 Å². The molecule has 1 aromatic carbocycles. The molecule has 5 nitrogen and oxygen atoms in total. The quantitative estimate of drug-likeness (QED) is 0.349. The Morgan fingerprint density at radius 3 is 2.41 bits per heavy atom. The van der Waals surface area contributed by atoms with E-state index >= 15 is 0 Å². The average Bonchev–Trinajstić information content (AvgIpc) is 2.94. The van der Waals surface area contributed by atoms with Gasteiger partial charge in [0.25, 0.3) is 5.91 Å². The van der Waals surface area contributed by atoms with Gasteiger partial charge in [0.15, 0.2) is 15.0 Å². The van der Waals surface area contributed by atoms with E-state index in [0.29, 0.717) is 8.92 Å². The average molecular weight is 551 g/mol. The molecule has 0 radical (unpaired) electrons. The van der Waals surface area contributed by atoms with E-state index in [1.165, 1.54) is 23.6 Å². The lowest BCUT2D eigenvalue weighted by Crippen LogP contribution is -2.17. The number of carbonyl (C=O) groups is 1. The highest BCUT2D eigenvalue weighted by Crippen LogP contribution is 2.37. The zero-order valence-corrected chi connectivity index (χ0v) is 20.4. The lowest BCUT2D eigenvalue weighted by Gasteiger charge is -2.17. The van der Waals surface area contributed by atoms with E-state index in [0.717, 1.165) is 56.9 Å². The van der Waals surface area contributed by atoms with Gasteiger partial charge in [-0.15, -0.1) is 0 Å². The van der Waals surface area contributed by atoms with E-state index in [-0.39, 0.29) is 17.1 Å². The number of alkyl halides is 3. The van der Waals surface area contributed by atoms with Crippen molar-refractivity contribution in [3.63, 3.8) is 0 Å². The van der Waals surface area contributed by atoms with Crippen LogP contribution in [0, 0.1) is 5.92 Å². The third-order valence-electron chi connectivity index (χ3n) is 5.24. The van der Waals surface area contributed by atoms with Crippen LogP contribution in [0.15, 0.2) is 39.2 Å². The molecular formula is C21H22BrF3N2O3S2. The van der Waals surface area contributed by atoms with E-state index in [2.05, 4.69) is 26.2 Å². The fourth-order valence-electron chi connectivity index (χ4n) is 3.74. The van der Waals surface area contributed by atoms with Crippen LogP contribution in [-0.2, 0) is 20.8 Å². The Labute approximate surface area is 197 Å². The van der Waals surface area contributed by atoms with Gasteiger partial charge >= 0.3 is 6.18 Å². The molecule has 2 aromatic rings. The van der Waals surface area contributed by atoms with E-state index in [4.69, 9.17) is 0 Å². The number of hydrogen-bond donors (Lipinski definition) is 1. The first-order chi connectivity index (χ1) is 14.9. The summed E-state index contributed by atoms with van der Waals surface area (Å²) in [5.41, 5.74) is -1.19. The molecule has 0 saturated heterocycles. The largest absolute Gasteiger partial charge is 0.417 e. The first-order valence-electron chi connectivity index (χ1n) is 10.0. The van der Waals surface area contributed by atoms with Crippen molar-refractivity contribution < 1.29 is 26.4 Å². The lowest BCUT2D eigenvalue weighted by molar-refractivity contribution is -0.139. The number of rotatable bonds is 5. The van der Waals surface area contributed by atoms with Gasteiger partial charge in [0, 0.05) is 11.8 Å². The number of halogens is 4. The number of thiazole rings is 1. The minimum absolute atomic E-state index is 0.0158. The molecule has 0 bridgehead atoms. The standard InChI is InChI=1S/C21H22BrF3N2O3S2/c1-32(29,30)17-9-8-14(11-16(17)21(23,24)25)15(10-13-6-4-2-3-5-7-13)19(28)27-20-26-12-18(22)31-20/h8-13H,2-7H2,1H3,(H,26,27,28). The summed E-state index contributed by atoms with van der Waals surface area (Å²) in [5.74, 6) is -0.540. The van der Waals surface area contributed by atoms with E-state index in [1.807, 2.05) is 0 Å². The summed E-state index contributed by atoms with van der Waals surface area (Å²) in [6.45, 7) is 0. The van der Waals surface area contributed by atoms with Crippen LogP contribution in [0.3, 0.4) is 0 Å². The van der Waals surface area contributed by atoms with Crippen molar-refractivity contribution in [2.24, 2.45) is 5.92 Å². The van der Waals surface area contributed by atoms with Crippen LogP contribution in [0.25, 0.3) is 5.57 Å². The molecular weight excluding hydrogens is 529 g/mol. The fraction of sp³-hybridized carbons (Fsp3) is 0.429. The smallest absolute Gasteiger partial charge is 0.298 e. The van der Waals surface area contributed by atoms with Gasteiger partial charge in [0.2, 0.25) is 0 Å².